The molecule has 4 aromatic rings. The minimum atomic E-state index is -0.250. The molecular formula is C27H34N6O. The molecule has 0 saturated heterocycles. The normalized spacial score (nSPS) is 13.0. The highest BCUT2D eigenvalue weighted by Gasteiger charge is 2.29. The predicted octanol–water partition coefficient (Wildman–Crippen LogP) is 5.04. The summed E-state index contributed by atoms with van der Waals surface area (Å²) >= 11 is 0. The third-order valence-corrected chi connectivity index (χ3v) is 6.38. The number of benzene rings is 2. The molecule has 178 valence electrons. The van der Waals surface area contributed by atoms with Crippen LogP contribution in [0.25, 0.3) is 10.9 Å². The monoisotopic (exact) mass is 458 g/mol. The van der Waals surface area contributed by atoms with E-state index in [9.17, 15) is 4.79 Å². The summed E-state index contributed by atoms with van der Waals surface area (Å²) in [5.74, 6) is 0.815. The number of rotatable bonds is 7. The van der Waals surface area contributed by atoms with Gasteiger partial charge in [-0.15, -0.1) is 5.10 Å². The molecule has 0 aliphatic heterocycles. The highest BCUT2D eigenvalue weighted by Crippen LogP contribution is 2.29. The summed E-state index contributed by atoms with van der Waals surface area (Å²) in [7, 11) is 0. The number of hydrogen-bond acceptors (Lipinski definition) is 5. The Morgan fingerprint density at radius 1 is 1.03 bits per heavy atom. The van der Waals surface area contributed by atoms with E-state index in [-0.39, 0.29) is 17.1 Å². The number of H-pyrrole nitrogens is 1. The minimum absolute atomic E-state index is 0.0514. The van der Waals surface area contributed by atoms with Crippen LogP contribution >= 0.6 is 0 Å². The summed E-state index contributed by atoms with van der Waals surface area (Å²) in [5, 5.41) is 13.8. The van der Waals surface area contributed by atoms with Gasteiger partial charge in [0.2, 0.25) is 0 Å². The molecule has 1 N–H and O–H groups in total. The zero-order chi connectivity index (χ0) is 24.5. The number of tetrazole rings is 1. The first-order valence-electron chi connectivity index (χ1n) is 11.9. The molecule has 2 heterocycles. The number of nitrogens with one attached hydrogen (secondary N) is 1. The second-order valence-corrected chi connectivity index (χ2v) is 10.0. The summed E-state index contributed by atoms with van der Waals surface area (Å²) in [5.41, 5.74) is 4.75. The van der Waals surface area contributed by atoms with Gasteiger partial charge >= 0.3 is 0 Å². The Kier molecular flexibility index (Phi) is 6.66. The van der Waals surface area contributed by atoms with Crippen molar-refractivity contribution in [3.63, 3.8) is 0 Å². The van der Waals surface area contributed by atoms with Gasteiger partial charge in [0.05, 0.1) is 17.1 Å². The van der Waals surface area contributed by atoms with Gasteiger partial charge in [0.25, 0.3) is 5.56 Å². The van der Waals surface area contributed by atoms with Crippen LogP contribution in [0.4, 0.5) is 0 Å². The first-order chi connectivity index (χ1) is 16.2. The van der Waals surface area contributed by atoms with Gasteiger partial charge < -0.3 is 4.98 Å². The summed E-state index contributed by atoms with van der Waals surface area (Å²) in [6, 6.07) is 16.5. The number of fused-ring (bicyclic) bond motifs is 1. The van der Waals surface area contributed by atoms with Crippen molar-refractivity contribution in [1.82, 2.24) is 30.1 Å². The molecule has 0 spiro atoms. The van der Waals surface area contributed by atoms with E-state index in [1.54, 1.807) is 0 Å². The molecule has 4 rings (SSSR count). The molecule has 0 amide bonds. The number of pyridine rings is 1. The van der Waals surface area contributed by atoms with Gasteiger partial charge in [-0.1, -0.05) is 49.4 Å². The van der Waals surface area contributed by atoms with Crippen molar-refractivity contribution in [3.8, 4) is 0 Å². The van der Waals surface area contributed by atoms with E-state index in [0.717, 1.165) is 39.8 Å². The predicted molar refractivity (Wildman–Crippen MR) is 136 cm³/mol. The van der Waals surface area contributed by atoms with Gasteiger partial charge in [-0.3, -0.25) is 9.69 Å². The highest BCUT2D eigenvalue weighted by molar-refractivity contribution is 5.85. The number of aromatic amines is 1. The molecule has 0 aliphatic carbocycles. The molecule has 0 bridgehead atoms. The van der Waals surface area contributed by atoms with Crippen molar-refractivity contribution in [2.24, 2.45) is 0 Å². The Bertz CT molecular complexity index is 1330. The van der Waals surface area contributed by atoms with E-state index in [1.807, 2.05) is 35.9 Å². The Balaban J connectivity index is 1.80. The van der Waals surface area contributed by atoms with Crippen molar-refractivity contribution in [3.05, 3.63) is 87.0 Å². The number of aryl methyl sites for hydroxylation is 2. The van der Waals surface area contributed by atoms with Crippen LogP contribution in [0.1, 0.15) is 68.2 Å². The topological polar surface area (TPSA) is 79.7 Å². The second kappa shape index (κ2) is 9.50. The van der Waals surface area contributed by atoms with Crippen molar-refractivity contribution in [2.75, 3.05) is 0 Å². The zero-order valence-electron chi connectivity index (χ0n) is 21.0. The molecular weight excluding hydrogens is 424 g/mol. The third kappa shape index (κ3) is 4.80. The van der Waals surface area contributed by atoms with Gasteiger partial charge in [-0.2, -0.15) is 0 Å². The maximum atomic E-state index is 13.2. The van der Waals surface area contributed by atoms with Crippen LogP contribution < -0.4 is 5.56 Å². The van der Waals surface area contributed by atoms with Gasteiger partial charge in [-0.05, 0) is 74.2 Å². The van der Waals surface area contributed by atoms with Crippen molar-refractivity contribution >= 4 is 10.9 Å². The molecule has 7 nitrogen and oxygen atoms in total. The number of aromatic nitrogens is 5. The standard InChI is InChI=1S/C27H34N6O/c1-7-23(25-29-30-31-33(25)27(4,5)6)32(16-20-11-9-8-10-12-20)17-21-15-22-18(2)13-14-19(3)24(22)28-26(21)34/h8-15,23H,7,16-17H2,1-6H3,(H,28,34). The number of hydrogen-bond donors (Lipinski definition) is 1. The van der Waals surface area contributed by atoms with E-state index >= 15 is 0 Å². The number of nitrogens with zero attached hydrogens (tertiary/aromatic N) is 5. The average Bonchev–Trinajstić information content (AvgIpc) is 3.29. The van der Waals surface area contributed by atoms with E-state index in [4.69, 9.17) is 0 Å². The Morgan fingerprint density at radius 3 is 2.41 bits per heavy atom. The maximum absolute atomic E-state index is 13.2. The van der Waals surface area contributed by atoms with Crippen LogP contribution in [0.15, 0.2) is 53.3 Å². The van der Waals surface area contributed by atoms with E-state index in [2.05, 4.69) is 84.3 Å². The molecule has 1 unspecified atom stereocenters. The fourth-order valence-corrected chi connectivity index (χ4v) is 4.53. The van der Waals surface area contributed by atoms with Crippen LogP contribution in [-0.2, 0) is 18.6 Å². The van der Waals surface area contributed by atoms with Crippen LogP contribution in [-0.4, -0.2) is 30.1 Å². The minimum Gasteiger partial charge on any atom is -0.321 e. The first kappa shape index (κ1) is 23.8. The molecule has 0 aliphatic rings. The Morgan fingerprint density at radius 2 is 1.74 bits per heavy atom. The quantitative estimate of drug-likeness (QED) is 0.420. The Hall–Kier alpha value is -3.32. The second-order valence-electron chi connectivity index (χ2n) is 10.0. The van der Waals surface area contributed by atoms with Crippen LogP contribution in [0.3, 0.4) is 0 Å². The molecule has 7 heteroatoms. The molecule has 1 atom stereocenters. The zero-order valence-corrected chi connectivity index (χ0v) is 21.0. The largest absolute Gasteiger partial charge is 0.321 e. The van der Waals surface area contributed by atoms with Crippen LogP contribution in [0, 0.1) is 13.8 Å². The molecule has 2 aromatic carbocycles. The van der Waals surface area contributed by atoms with E-state index < -0.39 is 0 Å². The van der Waals surface area contributed by atoms with Crippen molar-refractivity contribution < 1.29 is 0 Å². The molecule has 2 aromatic heterocycles. The Labute approximate surface area is 200 Å². The SMILES string of the molecule is CCC(c1nnnn1C(C)(C)C)N(Cc1ccccc1)Cc1cc2c(C)ccc(C)c2[nH]c1=O. The highest BCUT2D eigenvalue weighted by atomic mass is 16.1. The van der Waals surface area contributed by atoms with Gasteiger partial charge in [0.1, 0.15) is 0 Å². The smallest absolute Gasteiger partial charge is 0.252 e. The maximum Gasteiger partial charge on any atom is 0.252 e. The lowest BCUT2D eigenvalue weighted by Crippen LogP contribution is -2.35. The lowest BCUT2D eigenvalue weighted by molar-refractivity contribution is 0.153. The third-order valence-electron chi connectivity index (χ3n) is 6.38. The molecule has 34 heavy (non-hydrogen) atoms. The fraction of sp³-hybridized carbons (Fsp3) is 0.407. The first-order valence-corrected chi connectivity index (χ1v) is 11.9. The summed E-state index contributed by atoms with van der Waals surface area (Å²) in [6.45, 7) is 13.7. The lowest BCUT2D eigenvalue weighted by atomic mass is 10.0. The van der Waals surface area contributed by atoms with Crippen molar-refractivity contribution in [2.45, 2.75) is 72.6 Å². The van der Waals surface area contributed by atoms with Gasteiger partial charge in [0.15, 0.2) is 5.82 Å². The van der Waals surface area contributed by atoms with E-state index in [0.29, 0.717) is 13.1 Å². The van der Waals surface area contributed by atoms with Gasteiger partial charge in [0, 0.05) is 24.0 Å². The molecule has 0 fully saturated rings. The summed E-state index contributed by atoms with van der Waals surface area (Å²) in [4.78, 5) is 18.6. The lowest BCUT2D eigenvalue weighted by Gasteiger charge is -2.32. The average molecular weight is 459 g/mol. The van der Waals surface area contributed by atoms with Gasteiger partial charge in [-0.25, -0.2) is 4.68 Å². The summed E-state index contributed by atoms with van der Waals surface area (Å²) < 4.78 is 1.90. The van der Waals surface area contributed by atoms with E-state index in [1.165, 1.54) is 5.56 Å². The molecule has 0 radical (unpaired) electrons. The fourth-order valence-electron chi connectivity index (χ4n) is 4.53. The van der Waals surface area contributed by atoms with Crippen LogP contribution in [0.5, 0.6) is 0 Å². The van der Waals surface area contributed by atoms with Crippen molar-refractivity contribution in [1.29, 1.82) is 0 Å². The molecule has 0 saturated carbocycles. The van der Waals surface area contributed by atoms with Crippen LogP contribution in [0.2, 0.25) is 0 Å². The summed E-state index contributed by atoms with van der Waals surface area (Å²) in [6.07, 6.45) is 0.812.